The van der Waals surface area contributed by atoms with Gasteiger partial charge >= 0.3 is 0 Å². The summed E-state index contributed by atoms with van der Waals surface area (Å²) >= 11 is 1.63. The van der Waals surface area contributed by atoms with Crippen molar-refractivity contribution in [3.05, 3.63) is 52.5 Å². The number of aromatic nitrogens is 1. The Labute approximate surface area is 149 Å². The molecule has 1 atom stereocenters. The van der Waals surface area contributed by atoms with Gasteiger partial charge in [-0.15, -0.1) is 11.3 Å². The molecular weight excluding hydrogens is 336 g/mol. The molecule has 128 valence electrons. The number of aryl methyl sites for hydroxylation is 1. The fraction of sp³-hybridized carbons (Fsp3) is 0.263. The maximum absolute atomic E-state index is 12.6. The van der Waals surface area contributed by atoms with Crippen molar-refractivity contribution in [3.8, 4) is 11.5 Å². The number of amides is 1. The third-order valence-corrected chi connectivity index (χ3v) is 5.22. The fourth-order valence-corrected chi connectivity index (χ4v) is 3.91. The van der Waals surface area contributed by atoms with E-state index in [-0.39, 0.29) is 11.9 Å². The maximum Gasteiger partial charge on any atom is 0.251 e. The Kier molecular flexibility index (Phi) is 4.05. The standard InChI is InChI=1S/C19H18N2O3S/c1-11-20-15-9-13(6-7-17(15)25-11)19(22)21-14-8-12-4-3-5-16(23-2)18(12)24-10-14/h3-7,9,14H,8,10H2,1-2H3,(H,21,22). The number of benzene rings is 2. The predicted octanol–water partition coefficient (Wildman–Crippen LogP) is 3.35. The summed E-state index contributed by atoms with van der Waals surface area (Å²) in [6.07, 6.45) is 0.719. The second-order valence-electron chi connectivity index (χ2n) is 6.05. The zero-order valence-corrected chi connectivity index (χ0v) is 14.9. The van der Waals surface area contributed by atoms with Crippen LogP contribution in [0.3, 0.4) is 0 Å². The number of para-hydroxylation sites is 1. The largest absolute Gasteiger partial charge is 0.493 e. The van der Waals surface area contributed by atoms with Crippen molar-refractivity contribution in [2.75, 3.05) is 13.7 Å². The summed E-state index contributed by atoms with van der Waals surface area (Å²) in [5.41, 5.74) is 2.53. The minimum Gasteiger partial charge on any atom is -0.493 e. The smallest absolute Gasteiger partial charge is 0.251 e. The molecule has 3 aromatic rings. The van der Waals surface area contributed by atoms with Crippen LogP contribution in [0, 0.1) is 6.92 Å². The van der Waals surface area contributed by atoms with Gasteiger partial charge in [0.1, 0.15) is 6.61 Å². The highest BCUT2D eigenvalue weighted by Gasteiger charge is 2.24. The van der Waals surface area contributed by atoms with Gasteiger partial charge in [0.25, 0.3) is 5.91 Å². The normalized spacial score (nSPS) is 16.2. The van der Waals surface area contributed by atoms with Gasteiger partial charge in [0.15, 0.2) is 11.5 Å². The number of carbonyl (C=O) groups is 1. The lowest BCUT2D eigenvalue weighted by molar-refractivity contribution is 0.0914. The topological polar surface area (TPSA) is 60.5 Å². The first-order chi connectivity index (χ1) is 12.1. The zero-order chi connectivity index (χ0) is 17.4. The van der Waals surface area contributed by atoms with Crippen LogP contribution in [0.2, 0.25) is 0 Å². The molecule has 0 bridgehead atoms. The second-order valence-corrected chi connectivity index (χ2v) is 7.28. The Bertz CT molecular complexity index is 951. The van der Waals surface area contributed by atoms with E-state index in [1.807, 2.05) is 43.3 Å². The number of nitrogens with zero attached hydrogens (tertiary/aromatic N) is 1. The monoisotopic (exact) mass is 354 g/mol. The third-order valence-electron chi connectivity index (χ3n) is 4.27. The van der Waals surface area contributed by atoms with Gasteiger partial charge in [-0.3, -0.25) is 4.79 Å². The molecule has 0 saturated carbocycles. The van der Waals surface area contributed by atoms with E-state index in [4.69, 9.17) is 9.47 Å². The molecule has 0 saturated heterocycles. The number of fused-ring (bicyclic) bond motifs is 2. The van der Waals surface area contributed by atoms with Crippen LogP contribution in [0.4, 0.5) is 0 Å². The number of hydrogen-bond acceptors (Lipinski definition) is 5. The molecule has 0 aliphatic carbocycles. The van der Waals surface area contributed by atoms with Crippen LogP contribution < -0.4 is 14.8 Å². The third kappa shape index (κ3) is 3.05. The molecule has 0 fully saturated rings. The molecule has 1 aliphatic heterocycles. The average molecular weight is 354 g/mol. The van der Waals surface area contributed by atoms with Gasteiger partial charge in [-0.2, -0.15) is 0 Å². The molecule has 2 aromatic carbocycles. The maximum atomic E-state index is 12.6. The first-order valence-electron chi connectivity index (χ1n) is 8.11. The highest BCUT2D eigenvalue weighted by molar-refractivity contribution is 7.18. The van der Waals surface area contributed by atoms with E-state index < -0.39 is 0 Å². The summed E-state index contributed by atoms with van der Waals surface area (Å²) in [5.74, 6) is 1.40. The number of carbonyl (C=O) groups excluding carboxylic acids is 1. The quantitative estimate of drug-likeness (QED) is 0.784. The molecule has 1 N–H and O–H groups in total. The van der Waals surface area contributed by atoms with Gasteiger partial charge in [-0.1, -0.05) is 12.1 Å². The lowest BCUT2D eigenvalue weighted by Gasteiger charge is -2.27. The molecule has 0 spiro atoms. The van der Waals surface area contributed by atoms with E-state index >= 15 is 0 Å². The molecule has 5 nitrogen and oxygen atoms in total. The van der Waals surface area contributed by atoms with Crippen molar-refractivity contribution in [1.29, 1.82) is 0 Å². The van der Waals surface area contributed by atoms with Crippen LogP contribution >= 0.6 is 11.3 Å². The summed E-state index contributed by atoms with van der Waals surface area (Å²) in [6.45, 7) is 2.40. The van der Waals surface area contributed by atoms with E-state index in [0.717, 1.165) is 38.7 Å². The molecule has 25 heavy (non-hydrogen) atoms. The number of rotatable bonds is 3. The van der Waals surface area contributed by atoms with Crippen molar-refractivity contribution in [2.45, 2.75) is 19.4 Å². The first kappa shape index (κ1) is 15.9. The Morgan fingerprint density at radius 2 is 2.24 bits per heavy atom. The molecule has 1 unspecified atom stereocenters. The summed E-state index contributed by atoms with van der Waals surface area (Å²) in [4.78, 5) is 17.0. The van der Waals surface area contributed by atoms with Gasteiger partial charge in [-0.05, 0) is 37.6 Å². The molecule has 1 aromatic heterocycles. The van der Waals surface area contributed by atoms with E-state index in [9.17, 15) is 4.79 Å². The highest BCUT2D eigenvalue weighted by Crippen LogP contribution is 2.34. The number of nitrogens with one attached hydrogen (secondary N) is 1. The number of thiazole rings is 1. The lowest BCUT2D eigenvalue weighted by atomic mass is 10.0. The molecule has 0 radical (unpaired) electrons. The average Bonchev–Trinajstić information content (AvgIpc) is 3.00. The molecule has 6 heteroatoms. The molecule has 4 rings (SSSR count). The lowest BCUT2D eigenvalue weighted by Crippen LogP contribution is -2.42. The predicted molar refractivity (Wildman–Crippen MR) is 97.8 cm³/mol. The molecular formula is C19H18N2O3S. The Morgan fingerprint density at radius 1 is 1.36 bits per heavy atom. The van der Waals surface area contributed by atoms with Gasteiger partial charge in [0.2, 0.25) is 0 Å². The Morgan fingerprint density at radius 3 is 3.08 bits per heavy atom. The van der Waals surface area contributed by atoms with Crippen molar-refractivity contribution >= 4 is 27.5 Å². The SMILES string of the molecule is COc1cccc2c1OCC(NC(=O)c1ccc3sc(C)nc3c1)C2. The van der Waals surface area contributed by atoms with Gasteiger partial charge in [-0.25, -0.2) is 4.98 Å². The minimum absolute atomic E-state index is 0.0695. The summed E-state index contributed by atoms with van der Waals surface area (Å²) < 4.78 is 12.2. The summed E-state index contributed by atoms with van der Waals surface area (Å²) in [7, 11) is 1.63. The molecule has 1 aliphatic rings. The molecule has 1 amide bonds. The van der Waals surface area contributed by atoms with Gasteiger partial charge in [0.05, 0.1) is 28.4 Å². The first-order valence-corrected chi connectivity index (χ1v) is 8.92. The Balaban J connectivity index is 1.50. The summed E-state index contributed by atoms with van der Waals surface area (Å²) in [5, 5.41) is 4.05. The minimum atomic E-state index is -0.104. The number of ether oxygens (including phenoxy) is 2. The molecule has 2 heterocycles. The van der Waals surface area contributed by atoms with Crippen LogP contribution in [0.5, 0.6) is 11.5 Å². The Hall–Kier alpha value is -2.60. The van der Waals surface area contributed by atoms with Crippen molar-refractivity contribution in [3.63, 3.8) is 0 Å². The van der Waals surface area contributed by atoms with Crippen LogP contribution in [-0.2, 0) is 6.42 Å². The van der Waals surface area contributed by atoms with E-state index in [1.54, 1.807) is 18.4 Å². The second kappa shape index (κ2) is 6.37. The highest BCUT2D eigenvalue weighted by atomic mass is 32.1. The van der Waals surface area contributed by atoms with Crippen LogP contribution in [0.25, 0.3) is 10.2 Å². The van der Waals surface area contributed by atoms with E-state index in [1.165, 1.54) is 0 Å². The zero-order valence-electron chi connectivity index (χ0n) is 14.0. The van der Waals surface area contributed by atoms with E-state index in [2.05, 4.69) is 10.3 Å². The van der Waals surface area contributed by atoms with Crippen LogP contribution in [0.15, 0.2) is 36.4 Å². The van der Waals surface area contributed by atoms with Gasteiger partial charge in [0, 0.05) is 11.1 Å². The fourth-order valence-electron chi connectivity index (χ4n) is 3.10. The summed E-state index contributed by atoms with van der Waals surface area (Å²) in [6, 6.07) is 11.4. The van der Waals surface area contributed by atoms with Crippen molar-refractivity contribution in [2.24, 2.45) is 0 Å². The van der Waals surface area contributed by atoms with Crippen LogP contribution in [0.1, 0.15) is 20.9 Å². The van der Waals surface area contributed by atoms with Crippen molar-refractivity contribution < 1.29 is 14.3 Å². The van der Waals surface area contributed by atoms with Crippen molar-refractivity contribution in [1.82, 2.24) is 10.3 Å². The number of methoxy groups -OCH3 is 1. The van der Waals surface area contributed by atoms with E-state index in [0.29, 0.717) is 12.2 Å². The number of hydrogen-bond donors (Lipinski definition) is 1. The van der Waals surface area contributed by atoms with Crippen LogP contribution in [-0.4, -0.2) is 30.6 Å². The van der Waals surface area contributed by atoms with Gasteiger partial charge < -0.3 is 14.8 Å².